The van der Waals surface area contributed by atoms with Crippen LogP contribution in [0.25, 0.3) is 0 Å². The number of aryl methyl sites for hydroxylation is 1. The van der Waals surface area contributed by atoms with Gasteiger partial charge in [0.15, 0.2) is 5.90 Å². The normalized spacial score (nSPS) is 23.4. The molecule has 2 nitrogen and oxygen atoms in total. The standard InChI is InChI=1S/C18H25NO/c1-4-14-9-5-6-10-15(14)18(11-7-8-12-18)16-19-17(2,3)13-20-16/h5-6,9-10H,4,7-8,11-13H2,1-3H3. The predicted octanol–water partition coefficient (Wildman–Crippen LogP) is 4.27. The maximum absolute atomic E-state index is 6.06. The van der Waals surface area contributed by atoms with Crippen LogP contribution in [0.3, 0.4) is 0 Å². The van der Waals surface area contributed by atoms with E-state index < -0.39 is 0 Å². The van der Waals surface area contributed by atoms with Gasteiger partial charge in [-0.1, -0.05) is 44.0 Å². The van der Waals surface area contributed by atoms with E-state index in [2.05, 4.69) is 45.0 Å². The molecule has 1 aromatic rings. The summed E-state index contributed by atoms with van der Waals surface area (Å²) >= 11 is 0. The van der Waals surface area contributed by atoms with E-state index in [1.807, 2.05) is 0 Å². The molecule has 1 aromatic carbocycles. The summed E-state index contributed by atoms with van der Waals surface area (Å²) in [4.78, 5) is 4.92. The first kappa shape index (κ1) is 13.7. The van der Waals surface area contributed by atoms with Gasteiger partial charge < -0.3 is 4.74 Å². The summed E-state index contributed by atoms with van der Waals surface area (Å²) in [6.45, 7) is 7.28. The Labute approximate surface area is 122 Å². The molecule has 0 N–H and O–H groups in total. The second kappa shape index (κ2) is 4.91. The van der Waals surface area contributed by atoms with E-state index in [-0.39, 0.29) is 11.0 Å². The number of rotatable bonds is 3. The minimum Gasteiger partial charge on any atom is -0.478 e. The lowest BCUT2D eigenvalue weighted by atomic mass is 9.76. The maximum Gasteiger partial charge on any atom is 0.194 e. The van der Waals surface area contributed by atoms with Crippen molar-refractivity contribution in [2.45, 2.75) is 63.8 Å². The Hall–Kier alpha value is -1.31. The van der Waals surface area contributed by atoms with Crippen molar-refractivity contribution >= 4 is 5.90 Å². The van der Waals surface area contributed by atoms with Gasteiger partial charge >= 0.3 is 0 Å². The minimum atomic E-state index is -0.0634. The van der Waals surface area contributed by atoms with Gasteiger partial charge in [0.25, 0.3) is 0 Å². The third-order valence-electron chi connectivity index (χ3n) is 4.75. The molecule has 0 unspecified atom stereocenters. The summed E-state index contributed by atoms with van der Waals surface area (Å²) in [7, 11) is 0. The van der Waals surface area contributed by atoms with Gasteiger partial charge in [0.05, 0.1) is 11.0 Å². The zero-order valence-electron chi connectivity index (χ0n) is 12.9. The Kier molecular flexibility index (Phi) is 3.35. The van der Waals surface area contributed by atoms with Crippen molar-refractivity contribution in [3.8, 4) is 0 Å². The molecule has 0 atom stereocenters. The molecule has 20 heavy (non-hydrogen) atoms. The molecule has 0 spiro atoms. The van der Waals surface area contributed by atoms with Crippen molar-refractivity contribution in [2.75, 3.05) is 6.61 Å². The highest BCUT2D eigenvalue weighted by molar-refractivity contribution is 5.90. The Morgan fingerprint density at radius 1 is 1.15 bits per heavy atom. The zero-order chi connectivity index (χ0) is 14.2. The Morgan fingerprint density at radius 3 is 2.45 bits per heavy atom. The second-order valence-corrected chi connectivity index (χ2v) is 6.82. The number of hydrogen-bond acceptors (Lipinski definition) is 2. The van der Waals surface area contributed by atoms with Crippen LogP contribution in [-0.2, 0) is 16.6 Å². The second-order valence-electron chi connectivity index (χ2n) is 6.82. The summed E-state index contributed by atoms with van der Waals surface area (Å²) in [6, 6.07) is 8.86. The molecule has 3 rings (SSSR count). The third kappa shape index (κ3) is 2.15. The molecule has 0 amide bonds. The van der Waals surface area contributed by atoms with E-state index >= 15 is 0 Å². The van der Waals surface area contributed by atoms with Crippen molar-refractivity contribution < 1.29 is 4.74 Å². The molecule has 1 saturated carbocycles. The highest BCUT2D eigenvalue weighted by Crippen LogP contribution is 2.46. The molecule has 0 radical (unpaired) electrons. The van der Waals surface area contributed by atoms with E-state index in [0.717, 1.165) is 18.9 Å². The van der Waals surface area contributed by atoms with Gasteiger partial charge in [-0.3, -0.25) is 0 Å². The molecule has 1 aliphatic heterocycles. The van der Waals surface area contributed by atoms with Crippen molar-refractivity contribution in [1.29, 1.82) is 0 Å². The van der Waals surface area contributed by atoms with Crippen molar-refractivity contribution in [1.82, 2.24) is 0 Å². The van der Waals surface area contributed by atoms with Gasteiger partial charge in [0.2, 0.25) is 0 Å². The zero-order valence-corrected chi connectivity index (χ0v) is 12.9. The average molecular weight is 271 g/mol. The van der Waals surface area contributed by atoms with Crippen LogP contribution in [0.4, 0.5) is 0 Å². The van der Waals surface area contributed by atoms with E-state index in [0.29, 0.717) is 0 Å². The average Bonchev–Trinajstić information content (AvgIpc) is 3.06. The van der Waals surface area contributed by atoms with Crippen LogP contribution < -0.4 is 0 Å². The van der Waals surface area contributed by atoms with Gasteiger partial charge in [-0.05, 0) is 44.2 Å². The van der Waals surface area contributed by atoms with E-state index in [1.54, 1.807) is 0 Å². The molecule has 2 heteroatoms. The quantitative estimate of drug-likeness (QED) is 0.804. The summed E-state index contributed by atoms with van der Waals surface area (Å²) in [5.41, 5.74) is 2.88. The summed E-state index contributed by atoms with van der Waals surface area (Å²) in [6.07, 6.45) is 5.99. The highest BCUT2D eigenvalue weighted by atomic mass is 16.5. The highest BCUT2D eigenvalue weighted by Gasteiger charge is 2.46. The molecular weight excluding hydrogens is 246 g/mol. The molecule has 0 aromatic heterocycles. The van der Waals surface area contributed by atoms with Crippen LogP contribution in [0.5, 0.6) is 0 Å². The largest absolute Gasteiger partial charge is 0.478 e. The first-order valence-corrected chi connectivity index (χ1v) is 7.89. The molecule has 108 valence electrons. The van der Waals surface area contributed by atoms with Crippen molar-refractivity contribution in [2.24, 2.45) is 4.99 Å². The molecule has 2 aliphatic rings. The monoisotopic (exact) mass is 271 g/mol. The van der Waals surface area contributed by atoms with Gasteiger partial charge in [0.1, 0.15) is 6.61 Å². The Bertz CT molecular complexity index is 524. The number of aliphatic imine (C=N–C) groups is 1. The van der Waals surface area contributed by atoms with E-state index in [1.165, 1.54) is 36.8 Å². The first-order valence-electron chi connectivity index (χ1n) is 7.89. The molecule has 0 saturated heterocycles. The fourth-order valence-corrected chi connectivity index (χ4v) is 3.70. The third-order valence-corrected chi connectivity index (χ3v) is 4.75. The minimum absolute atomic E-state index is 0.0420. The van der Waals surface area contributed by atoms with Gasteiger partial charge in [-0.15, -0.1) is 0 Å². The summed E-state index contributed by atoms with van der Waals surface area (Å²) in [5, 5.41) is 0. The van der Waals surface area contributed by atoms with Gasteiger partial charge in [-0.2, -0.15) is 0 Å². The topological polar surface area (TPSA) is 21.6 Å². The van der Waals surface area contributed by atoms with Gasteiger partial charge in [0, 0.05) is 0 Å². The lowest BCUT2D eigenvalue weighted by Gasteiger charge is -2.30. The van der Waals surface area contributed by atoms with Crippen LogP contribution >= 0.6 is 0 Å². The Morgan fingerprint density at radius 2 is 1.85 bits per heavy atom. The SMILES string of the molecule is CCc1ccccc1C1(C2=NC(C)(C)CO2)CCCC1. The van der Waals surface area contributed by atoms with E-state index in [4.69, 9.17) is 9.73 Å². The maximum atomic E-state index is 6.06. The summed E-state index contributed by atoms with van der Waals surface area (Å²) < 4.78 is 6.06. The van der Waals surface area contributed by atoms with Crippen molar-refractivity contribution in [3.63, 3.8) is 0 Å². The number of nitrogens with zero attached hydrogens (tertiary/aromatic N) is 1. The van der Waals surface area contributed by atoms with E-state index in [9.17, 15) is 0 Å². The van der Waals surface area contributed by atoms with Crippen LogP contribution in [0, 0.1) is 0 Å². The first-order chi connectivity index (χ1) is 9.57. The predicted molar refractivity (Wildman–Crippen MR) is 83.4 cm³/mol. The van der Waals surface area contributed by atoms with Crippen LogP contribution in [0.1, 0.15) is 57.6 Å². The van der Waals surface area contributed by atoms with Gasteiger partial charge in [-0.25, -0.2) is 4.99 Å². The Balaban J connectivity index is 2.09. The van der Waals surface area contributed by atoms with Crippen LogP contribution in [0.15, 0.2) is 29.3 Å². The number of benzene rings is 1. The molecule has 1 fully saturated rings. The number of ether oxygens (including phenoxy) is 1. The smallest absolute Gasteiger partial charge is 0.194 e. The van der Waals surface area contributed by atoms with Crippen LogP contribution in [0.2, 0.25) is 0 Å². The molecule has 1 heterocycles. The lowest BCUT2D eigenvalue weighted by Crippen LogP contribution is -2.34. The molecule has 0 bridgehead atoms. The van der Waals surface area contributed by atoms with Crippen LogP contribution in [-0.4, -0.2) is 18.0 Å². The number of hydrogen-bond donors (Lipinski definition) is 0. The molecule has 1 aliphatic carbocycles. The fraction of sp³-hybridized carbons (Fsp3) is 0.611. The fourth-order valence-electron chi connectivity index (χ4n) is 3.70. The lowest BCUT2D eigenvalue weighted by molar-refractivity contribution is 0.258. The summed E-state index contributed by atoms with van der Waals surface area (Å²) in [5.74, 6) is 1.00. The van der Waals surface area contributed by atoms with Crippen molar-refractivity contribution in [3.05, 3.63) is 35.4 Å². The molecular formula is C18H25NO.